The maximum Gasteiger partial charge on any atom is 0.269 e. The number of hydrogen-bond donors (Lipinski definition) is 5. The van der Waals surface area contributed by atoms with Crippen LogP contribution >= 0.6 is 0 Å². The summed E-state index contributed by atoms with van der Waals surface area (Å²) in [6.07, 6.45) is 2.46. The van der Waals surface area contributed by atoms with E-state index >= 15 is 0 Å². The summed E-state index contributed by atoms with van der Waals surface area (Å²) in [5, 5.41) is 5.04. The molecule has 3 aliphatic heterocycles. The van der Waals surface area contributed by atoms with Crippen LogP contribution in [0.2, 0.25) is 0 Å². The number of amides is 6. The summed E-state index contributed by atoms with van der Waals surface area (Å²) in [7, 11) is 0. The Morgan fingerprint density at radius 2 is 1.60 bits per heavy atom. The monoisotopic (exact) mass is 648 g/mol. The van der Waals surface area contributed by atoms with Gasteiger partial charge in [0.2, 0.25) is 11.8 Å². The number of fused-ring (bicyclic) bond motifs is 2. The minimum atomic E-state index is -1.07. The van der Waals surface area contributed by atoms with Crippen LogP contribution in [0.25, 0.3) is 11.0 Å². The maximum atomic E-state index is 13.1. The van der Waals surface area contributed by atoms with Crippen molar-refractivity contribution in [2.24, 2.45) is 0 Å². The summed E-state index contributed by atoms with van der Waals surface area (Å²) in [5.41, 5.74) is 8.67. The number of anilines is 2. The molecule has 7 rings (SSSR count). The van der Waals surface area contributed by atoms with E-state index in [1.807, 2.05) is 18.2 Å². The van der Waals surface area contributed by atoms with Gasteiger partial charge in [-0.15, -0.1) is 0 Å². The van der Waals surface area contributed by atoms with Gasteiger partial charge in [-0.05, 0) is 93.4 Å². The fourth-order valence-electron chi connectivity index (χ4n) is 6.36. The third-order valence-corrected chi connectivity index (χ3v) is 9.00. The van der Waals surface area contributed by atoms with E-state index < -0.39 is 35.6 Å². The first-order valence-corrected chi connectivity index (χ1v) is 15.7. The minimum Gasteiger partial charge on any atom is -0.341 e. The third-order valence-electron chi connectivity index (χ3n) is 9.00. The Hall–Kier alpha value is -5.89. The molecule has 4 heterocycles. The lowest BCUT2D eigenvalue weighted by Gasteiger charge is -2.27. The van der Waals surface area contributed by atoms with E-state index in [1.54, 1.807) is 0 Å². The fourth-order valence-corrected chi connectivity index (χ4v) is 6.36. The molecule has 5 N–H and O–H groups in total. The number of rotatable bonds is 8. The molecule has 1 unspecified atom stereocenters. The summed E-state index contributed by atoms with van der Waals surface area (Å²) < 4.78 is 0. The number of H-pyrrole nitrogens is 1. The molecule has 14 heteroatoms. The zero-order chi connectivity index (χ0) is 33.5. The molecule has 3 aromatic carbocycles. The van der Waals surface area contributed by atoms with E-state index in [4.69, 9.17) is 4.98 Å². The smallest absolute Gasteiger partial charge is 0.269 e. The number of imidazole rings is 1. The Labute approximate surface area is 274 Å². The lowest BCUT2D eigenvalue weighted by Crippen LogP contribution is -2.54. The van der Waals surface area contributed by atoms with Gasteiger partial charge >= 0.3 is 0 Å². The SMILES string of the molecule is C[C@H]1CCCN1Cc1nc2cc(NC(=O)c3ccc(C(=O)NNc4ccc5c(c4)C(=O)N(C4CCC(=O)NC4=O)C5=O)cc3)ccc2[nH]1. The van der Waals surface area contributed by atoms with Gasteiger partial charge in [-0.25, -0.2) is 4.98 Å². The molecule has 0 radical (unpaired) electrons. The van der Waals surface area contributed by atoms with Crippen molar-refractivity contribution in [3.05, 3.63) is 88.7 Å². The minimum absolute atomic E-state index is 0.0235. The first-order chi connectivity index (χ1) is 23.1. The Kier molecular flexibility index (Phi) is 7.93. The molecule has 14 nitrogen and oxygen atoms in total. The van der Waals surface area contributed by atoms with Crippen LogP contribution < -0.4 is 21.5 Å². The number of piperidine rings is 1. The van der Waals surface area contributed by atoms with Crippen LogP contribution in [0.5, 0.6) is 0 Å². The highest BCUT2D eigenvalue weighted by atomic mass is 16.2. The lowest BCUT2D eigenvalue weighted by atomic mass is 10.0. The van der Waals surface area contributed by atoms with Gasteiger partial charge in [0, 0.05) is 29.3 Å². The number of carbonyl (C=O) groups is 6. The van der Waals surface area contributed by atoms with Crippen molar-refractivity contribution in [1.29, 1.82) is 0 Å². The normalized spacial score (nSPS) is 19.4. The Morgan fingerprint density at radius 1 is 0.875 bits per heavy atom. The molecule has 0 aliphatic carbocycles. The average Bonchev–Trinajstić information content (AvgIpc) is 3.75. The molecule has 48 heavy (non-hydrogen) atoms. The number of imide groups is 2. The molecule has 0 bridgehead atoms. The highest BCUT2D eigenvalue weighted by molar-refractivity contribution is 6.23. The number of hydrogen-bond acceptors (Lipinski definition) is 9. The second-order valence-corrected chi connectivity index (χ2v) is 12.2. The van der Waals surface area contributed by atoms with Gasteiger partial charge in [-0.2, -0.15) is 0 Å². The van der Waals surface area contributed by atoms with E-state index in [0.717, 1.165) is 34.8 Å². The second kappa shape index (κ2) is 12.4. The van der Waals surface area contributed by atoms with E-state index in [9.17, 15) is 28.8 Å². The van der Waals surface area contributed by atoms with Crippen LogP contribution in [0.1, 0.15) is 79.9 Å². The number of hydrazine groups is 1. The molecule has 4 aromatic rings. The van der Waals surface area contributed by atoms with Crippen LogP contribution in [0.4, 0.5) is 11.4 Å². The van der Waals surface area contributed by atoms with E-state index in [2.05, 4.69) is 38.3 Å². The number of likely N-dealkylation sites (tertiary alicyclic amines) is 1. The van der Waals surface area contributed by atoms with Gasteiger partial charge in [0.1, 0.15) is 11.9 Å². The standard InChI is InChI=1S/C34H32N8O6/c1-18-3-2-14-41(18)17-28-36-25-11-9-21(16-26(25)37-28)35-30(44)19-4-6-20(7-5-19)31(45)40-39-22-8-10-23-24(15-22)34(48)42(33(23)47)27-12-13-29(43)38-32(27)46/h4-11,15-16,18,27,39H,2-3,12-14,17H2,1H3,(H,35,44)(H,36,37)(H,40,45)(H,38,43,46)/t18-,27?/m0/s1. The summed E-state index contributed by atoms with van der Waals surface area (Å²) in [6.45, 7) is 4.04. The molecular formula is C34H32N8O6. The first-order valence-electron chi connectivity index (χ1n) is 15.7. The molecule has 0 saturated carbocycles. The van der Waals surface area contributed by atoms with Gasteiger partial charge in [-0.3, -0.25) is 54.7 Å². The molecular weight excluding hydrogens is 616 g/mol. The van der Waals surface area contributed by atoms with Gasteiger partial charge < -0.3 is 10.3 Å². The van der Waals surface area contributed by atoms with Gasteiger partial charge in [0.15, 0.2) is 0 Å². The highest BCUT2D eigenvalue weighted by Crippen LogP contribution is 2.29. The molecule has 2 saturated heterocycles. The van der Waals surface area contributed by atoms with Crippen molar-refractivity contribution in [3.8, 4) is 0 Å². The molecule has 3 aliphatic rings. The zero-order valence-corrected chi connectivity index (χ0v) is 26.0. The van der Waals surface area contributed by atoms with Gasteiger partial charge in [0.05, 0.1) is 34.4 Å². The average molecular weight is 649 g/mol. The number of nitrogens with zero attached hydrogens (tertiary/aromatic N) is 3. The fraction of sp³-hybridized carbons (Fsp3) is 0.265. The van der Waals surface area contributed by atoms with Crippen LogP contribution in [-0.2, 0) is 16.1 Å². The van der Waals surface area contributed by atoms with Crippen LogP contribution in [0.3, 0.4) is 0 Å². The van der Waals surface area contributed by atoms with Crippen LogP contribution in [0, 0.1) is 0 Å². The van der Waals surface area contributed by atoms with Crippen LogP contribution in [-0.4, -0.2) is 73.8 Å². The summed E-state index contributed by atoms with van der Waals surface area (Å²) in [5.74, 6) is -2.38. The Balaban J connectivity index is 0.948. The Bertz CT molecular complexity index is 2000. The summed E-state index contributed by atoms with van der Waals surface area (Å²) in [4.78, 5) is 86.9. The zero-order valence-electron chi connectivity index (χ0n) is 26.0. The van der Waals surface area contributed by atoms with Crippen molar-refractivity contribution in [3.63, 3.8) is 0 Å². The van der Waals surface area contributed by atoms with E-state index in [0.29, 0.717) is 23.0 Å². The van der Waals surface area contributed by atoms with Crippen molar-refractivity contribution in [2.75, 3.05) is 17.3 Å². The van der Waals surface area contributed by atoms with Gasteiger partial charge in [0.25, 0.3) is 23.6 Å². The topological polar surface area (TPSA) is 186 Å². The molecule has 2 fully saturated rings. The number of benzene rings is 3. The summed E-state index contributed by atoms with van der Waals surface area (Å²) >= 11 is 0. The Morgan fingerprint density at radius 3 is 2.33 bits per heavy atom. The van der Waals surface area contributed by atoms with Crippen molar-refractivity contribution >= 4 is 57.9 Å². The van der Waals surface area contributed by atoms with E-state index in [-0.39, 0.29) is 35.4 Å². The second-order valence-electron chi connectivity index (χ2n) is 12.2. The first kappa shape index (κ1) is 30.7. The molecule has 6 amide bonds. The predicted octanol–water partition coefficient (Wildman–Crippen LogP) is 2.96. The quantitative estimate of drug-likeness (QED) is 0.142. The van der Waals surface area contributed by atoms with Crippen LogP contribution in [0.15, 0.2) is 60.7 Å². The van der Waals surface area contributed by atoms with Gasteiger partial charge in [-0.1, -0.05) is 0 Å². The number of carbonyl (C=O) groups excluding carboxylic acids is 6. The van der Waals surface area contributed by atoms with Crippen molar-refractivity contribution < 1.29 is 28.8 Å². The van der Waals surface area contributed by atoms with E-state index in [1.165, 1.54) is 55.3 Å². The maximum absolute atomic E-state index is 13.1. The molecule has 0 spiro atoms. The number of aromatic amines is 1. The summed E-state index contributed by atoms with van der Waals surface area (Å²) in [6, 6.07) is 15.4. The number of aromatic nitrogens is 2. The molecule has 244 valence electrons. The largest absolute Gasteiger partial charge is 0.341 e. The lowest BCUT2D eigenvalue weighted by molar-refractivity contribution is -0.136. The molecule has 1 aromatic heterocycles. The molecule has 2 atom stereocenters. The van der Waals surface area contributed by atoms with Crippen molar-refractivity contribution in [1.82, 2.24) is 30.5 Å². The van der Waals surface area contributed by atoms with Crippen molar-refractivity contribution in [2.45, 2.75) is 51.2 Å². The highest BCUT2D eigenvalue weighted by Gasteiger charge is 2.44. The number of nitrogens with one attached hydrogen (secondary N) is 5. The third kappa shape index (κ3) is 5.88. The predicted molar refractivity (Wildman–Crippen MR) is 174 cm³/mol.